The lowest BCUT2D eigenvalue weighted by Crippen LogP contribution is -2.40. The van der Waals surface area contributed by atoms with Gasteiger partial charge in [0.05, 0.1) is 5.39 Å². The summed E-state index contributed by atoms with van der Waals surface area (Å²) in [6.45, 7) is 1.27. The summed E-state index contributed by atoms with van der Waals surface area (Å²) in [5.41, 5.74) is 1.08. The molecule has 0 bridgehead atoms. The second-order valence-corrected chi connectivity index (χ2v) is 6.55. The number of rotatable bonds is 2. The molecule has 1 aromatic carbocycles. The highest BCUT2D eigenvalue weighted by Crippen LogP contribution is 2.26. The molecular weight excluding hydrogens is 330 g/mol. The molecule has 4 rings (SSSR count). The van der Waals surface area contributed by atoms with Gasteiger partial charge in [-0.15, -0.1) is 0 Å². The highest BCUT2D eigenvalue weighted by Gasteiger charge is 2.28. The first kappa shape index (κ1) is 16.4. The van der Waals surface area contributed by atoms with E-state index in [4.69, 9.17) is 0 Å². The number of piperidine rings is 1. The van der Waals surface area contributed by atoms with Crippen molar-refractivity contribution in [1.82, 2.24) is 24.6 Å². The van der Waals surface area contributed by atoms with E-state index in [-0.39, 0.29) is 17.4 Å². The third kappa shape index (κ3) is 2.85. The van der Waals surface area contributed by atoms with Gasteiger partial charge >= 0.3 is 0 Å². The van der Waals surface area contributed by atoms with Crippen LogP contribution >= 0.6 is 0 Å². The Labute approximate surface area is 150 Å². The first-order valence-corrected chi connectivity index (χ1v) is 8.66. The van der Waals surface area contributed by atoms with Crippen molar-refractivity contribution in [3.8, 4) is 0 Å². The van der Waals surface area contributed by atoms with Gasteiger partial charge in [0.15, 0.2) is 5.69 Å². The molecule has 132 valence electrons. The SMILES string of the molecule is Cn1nc(C(=O)N2CCC[C@@H](c3ccncn3)C2)c2ccccc2c1=O. The number of aryl methyl sites for hydroxylation is 1. The van der Waals surface area contributed by atoms with Crippen LogP contribution in [0.5, 0.6) is 0 Å². The van der Waals surface area contributed by atoms with Crippen LogP contribution in [-0.4, -0.2) is 43.6 Å². The van der Waals surface area contributed by atoms with Crippen LogP contribution in [0.25, 0.3) is 10.8 Å². The molecule has 3 heterocycles. The first-order valence-electron chi connectivity index (χ1n) is 8.66. The van der Waals surface area contributed by atoms with Gasteiger partial charge in [-0.2, -0.15) is 5.10 Å². The number of hydrogen-bond donors (Lipinski definition) is 0. The van der Waals surface area contributed by atoms with Crippen molar-refractivity contribution >= 4 is 16.7 Å². The Hall–Kier alpha value is -3.09. The zero-order valence-corrected chi connectivity index (χ0v) is 14.5. The molecule has 0 N–H and O–H groups in total. The Kier molecular flexibility index (Phi) is 4.20. The zero-order valence-electron chi connectivity index (χ0n) is 14.5. The van der Waals surface area contributed by atoms with Gasteiger partial charge in [0.2, 0.25) is 0 Å². The molecule has 1 fully saturated rings. The Morgan fingerprint density at radius 3 is 2.77 bits per heavy atom. The van der Waals surface area contributed by atoms with Gasteiger partial charge in [0.1, 0.15) is 6.33 Å². The van der Waals surface area contributed by atoms with Crippen LogP contribution in [0.3, 0.4) is 0 Å². The summed E-state index contributed by atoms with van der Waals surface area (Å²) in [4.78, 5) is 35.6. The summed E-state index contributed by atoms with van der Waals surface area (Å²) in [6.07, 6.45) is 5.16. The number of amides is 1. The van der Waals surface area contributed by atoms with Gasteiger partial charge < -0.3 is 4.90 Å². The zero-order chi connectivity index (χ0) is 18.1. The highest BCUT2D eigenvalue weighted by molar-refractivity contribution is 6.04. The highest BCUT2D eigenvalue weighted by atomic mass is 16.2. The van der Waals surface area contributed by atoms with E-state index in [2.05, 4.69) is 15.1 Å². The number of benzene rings is 1. The lowest BCUT2D eigenvalue weighted by molar-refractivity contribution is 0.0699. The number of nitrogens with zero attached hydrogens (tertiary/aromatic N) is 5. The molecule has 1 saturated heterocycles. The Morgan fingerprint density at radius 1 is 1.19 bits per heavy atom. The molecule has 0 radical (unpaired) electrons. The van der Waals surface area contributed by atoms with Gasteiger partial charge in [-0.25, -0.2) is 14.6 Å². The largest absolute Gasteiger partial charge is 0.337 e. The Bertz CT molecular complexity index is 1020. The molecule has 0 aliphatic carbocycles. The van der Waals surface area contributed by atoms with Crippen molar-refractivity contribution in [1.29, 1.82) is 0 Å². The number of fused-ring (bicyclic) bond motifs is 1. The minimum absolute atomic E-state index is 0.143. The standard InChI is InChI=1S/C19H19N5O2/c1-23-18(25)15-7-3-2-6-14(15)17(22-23)19(26)24-10-4-5-13(11-24)16-8-9-20-12-21-16/h2-3,6-9,12-13H,4-5,10-11H2,1H3/t13-/m1/s1. The second kappa shape index (κ2) is 6.67. The summed E-state index contributed by atoms with van der Waals surface area (Å²) >= 11 is 0. The molecule has 1 amide bonds. The van der Waals surface area contributed by atoms with Gasteiger partial charge in [0.25, 0.3) is 11.5 Å². The minimum Gasteiger partial charge on any atom is -0.337 e. The maximum atomic E-state index is 13.2. The normalized spacial score (nSPS) is 17.4. The molecule has 1 aliphatic rings. The van der Waals surface area contributed by atoms with E-state index >= 15 is 0 Å². The molecule has 7 heteroatoms. The van der Waals surface area contributed by atoms with Gasteiger partial charge in [-0.05, 0) is 25.0 Å². The van der Waals surface area contributed by atoms with Gasteiger partial charge in [-0.1, -0.05) is 18.2 Å². The van der Waals surface area contributed by atoms with Crippen LogP contribution in [0.1, 0.15) is 34.9 Å². The molecule has 3 aromatic rings. The summed E-state index contributed by atoms with van der Waals surface area (Å²) in [6, 6.07) is 9.03. The first-order chi connectivity index (χ1) is 12.6. The van der Waals surface area contributed by atoms with Gasteiger partial charge in [-0.3, -0.25) is 9.59 Å². The van der Waals surface area contributed by atoms with Crippen molar-refractivity contribution in [2.75, 3.05) is 13.1 Å². The summed E-state index contributed by atoms with van der Waals surface area (Å²) < 4.78 is 1.24. The van der Waals surface area contributed by atoms with Crippen LogP contribution in [0, 0.1) is 0 Å². The predicted molar refractivity (Wildman–Crippen MR) is 96.9 cm³/mol. The summed E-state index contributed by atoms with van der Waals surface area (Å²) in [5.74, 6) is 0.0463. The molecule has 0 unspecified atom stereocenters. The smallest absolute Gasteiger partial charge is 0.274 e. The number of carbonyl (C=O) groups is 1. The number of carbonyl (C=O) groups excluding carboxylic acids is 1. The Balaban J connectivity index is 1.69. The molecule has 7 nitrogen and oxygen atoms in total. The number of aromatic nitrogens is 4. The average molecular weight is 349 g/mol. The monoisotopic (exact) mass is 349 g/mol. The molecule has 0 spiro atoms. The van der Waals surface area contributed by atoms with Crippen LogP contribution in [0.2, 0.25) is 0 Å². The number of likely N-dealkylation sites (tertiary alicyclic amines) is 1. The fourth-order valence-corrected chi connectivity index (χ4v) is 3.55. The molecular formula is C19H19N5O2. The van der Waals surface area contributed by atoms with Crippen molar-refractivity contribution in [2.45, 2.75) is 18.8 Å². The van der Waals surface area contributed by atoms with E-state index in [0.29, 0.717) is 29.6 Å². The van der Waals surface area contributed by atoms with Crippen molar-refractivity contribution in [3.63, 3.8) is 0 Å². The second-order valence-electron chi connectivity index (χ2n) is 6.55. The van der Waals surface area contributed by atoms with E-state index in [0.717, 1.165) is 18.5 Å². The fourth-order valence-electron chi connectivity index (χ4n) is 3.55. The van der Waals surface area contributed by atoms with Crippen molar-refractivity contribution < 1.29 is 4.79 Å². The lowest BCUT2D eigenvalue weighted by Gasteiger charge is -2.32. The average Bonchev–Trinajstić information content (AvgIpc) is 2.71. The van der Waals surface area contributed by atoms with Crippen LogP contribution < -0.4 is 5.56 Å². The fraction of sp³-hybridized carbons (Fsp3) is 0.316. The Morgan fingerprint density at radius 2 is 2.00 bits per heavy atom. The molecule has 26 heavy (non-hydrogen) atoms. The molecule has 1 atom stereocenters. The van der Waals surface area contributed by atoms with E-state index in [1.165, 1.54) is 11.0 Å². The maximum Gasteiger partial charge on any atom is 0.274 e. The van der Waals surface area contributed by atoms with Crippen molar-refractivity contribution in [3.05, 3.63) is 64.6 Å². The predicted octanol–water partition coefficient (Wildman–Crippen LogP) is 1.74. The topological polar surface area (TPSA) is 81.0 Å². The van der Waals surface area contributed by atoms with Crippen molar-refractivity contribution in [2.24, 2.45) is 7.05 Å². The van der Waals surface area contributed by atoms with E-state index < -0.39 is 0 Å². The van der Waals surface area contributed by atoms with Crippen LogP contribution in [-0.2, 0) is 7.05 Å². The third-order valence-electron chi connectivity index (χ3n) is 4.89. The van der Waals surface area contributed by atoms with E-state index in [1.807, 2.05) is 17.0 Å². The quantitative estimate of drug-likeness (QED) is 0.704. The molecule has 2 aromatic heterocycles. The summed E-state index contributed by atoms with van der Waals surface area (Å²) in [7, 11) is 1.57. The van der Waals surface area contributed by atoms with Crippen LogP contribution in [0.15, 0.2) is 47.7 Å². The van der Waals surface area contributed by atoms with Crippen LogP contribution in [0.4, 0.5) is 0 Å². The summed E-state index contributed by atoms with van der Waals surface area (Å²) in [5, 5.41) is 5.37. The van der Waals surface area contributed by atoms with E-state index in [9.17, 15) is 9.59 Å². The van der Waals surface area contributed by atoms with E-state index in [1.54, 1.807) is 31.4 Å². The molecule has 1 aliphatic heterocycles. The number of hydrogen-bond acceptors (Lipinski definition) is 5. The lowest BCUT2D eigenvalue weighted by atomic mass is 9.94. The third-order valence-corrected chi connectivity index (χ3v) is 4.89. The maximum absolute atomic E-state index is 13.2. The molecule has 0 saturated carbocycles. The van der Waals surface area contributed by atoms with Gasteiger partial charge in [0, 0.05) is 43.3 Å². The minimum atomic E-state index is -0.199.